The van der Waals surface area contributed by atoms with Crippen LogP contribution in [-0.4, -0.2) is 21.8 Å². The van der Waals surface area contributed by atoms with Gasteiger partial charge in [0.05, 0.1) is 11.4 Å². The SMILES string of the molecule is CC(=O)c1ccc(-c2ccc(/C=C3/SC(=O)N(Cc4cccc5ccccc45)C3=O)o2)cc1. The summed E-state index contributed by atoms with van der Waals surface area (Å²) in [6, 6.07) is 24.5. The number of nitrogens with zero attached hydrogens (tertiary/aromatic N) is 1. The van der Waals surface area contributed by atoms with E-state index in [9.17, 15) is 14.4 Å². The van der Waals surface area contributed by atoms with Gasteiger partial charge in [0.15, 0.2) is 5.78 Å². The number of furan rings is 1. The first-order chi connectivity index (χ1) is 16.0. The number of thioether (sulfide) groups is 1. The van der Waals surface area contributed by atoms with Gasteiger partial charge in [0.25, 0.3) is 11.1 Å². The number of carbonyl (C=O) groups is 3. The molecule has 0 unspecified atom stereocenters. The molecule has 0 saturated carbocycles. The monoisotopic (exact) mass is 453 g/mol. The van der Waals surface area contributed by atoms with E-state index < -0.39 is 0 Å². The number of amides is 2. The quantitative estimate of drug-likeness (QED) is 0.254. The molecule has 2 heterocycles. The Bertz CT molecular complexity index is 1430. The van der Waals surface area contributed by atoms with Crippen LogP contribution in [-0.2, 0) is 11.3 Å². The van der Waals surface area contributed by atoms with Crippen molar-refractivity contribution in [3.05, 3.63) is 101 Å². The van der Waals surface area contributed by atoms with E-state index in [1.807, 2.05) is 54.6 Å². The van der Waals surface area contributed by atoms with E-state index in [1.54, 1.807) is 30.3 Å². The molecule has 162 valence electrons. The first-order valence-electron chi connectivity index (χ1n) is 10.4. The fraction of sp³-hybridized carbons (Fsp3) is 0.0741. The third kappa shape index (κ3) is 4.13. The lowest BCUT2D eigenvalue weighted by atomic mass is 10.0. The van der Waals surface area contributed by atoms with E-state index in [0.29, 0.717) is 22.0 Å². The fourth-order valence-corrected chi connectivity index (χ4v) is 4.64. The minimum atomic E-state index is -0.332. The Labute approximate surface area is 194 Å². The van der Waals surface area contributed by atoms with Gasteiger partial charge in [0, 0.05) is 17.2 Å². The van der Waals surface area contributed by atoms with Crippen LogP contribution in [0.25, 0.3) is 28.2 Å². The highest BCUT2D eigenvalue weighted by Crippen LogP contribution is 2.35. The van der Waals surface area contributed by atoms with E-state index in [4.69, 9.17) is 4.42 Å². The Morgan fingerprint density at radius 3 is 2.48 bits per heavy atom. The van der Waals surface area contributed by atoms with Gasteiger partial charge in [0.1, 0.15) is 11.5 Å². The maximum absolute atomic E-state index is 13.0. The van der Waals surface area contributed by atoms with Gasteiger partial charge >= 0.3 is 0 Å². The van der Waals surface area contributed by atoms with Crippen molar-refractivity contribution in [3.8, 4) is 11.3 Å². The lowest BCUT2D eigenvalue weighted by molar-refractivity contribution is -0.123. The summed E-state index contributed by atoms with van der Waals surface area (Å²) in [5, 5.41) is 1.79. The normalized spacial score (nSPS) is 15.1. The van der Waals surface area contributed by atoms with Crippen molar-refractivity contribution >= 4 is 45.5 Å². The molecule has 0 spiro atoms. The molecule has 6 heteroatoms. The Balaban J connectivity index is 1.37. The van der Waals surface area contributed by atoms with Gasteiger partial charge in [-0.05, 0) is 47.2 Å². The number of rotatable bonds is 5. The van der Waals surface area contributed by atoms with E-state index in [1.165, 1.54) is 11.8 Å². The number of hydrogen-bond acceptors (Lipinski definition) is 5. The average molecular weight is 454 g/mol. The second-order valence-electron chi connectivity index (χ2n) is 7.74. The molecule has 1 fully saturated rings. The summed E-state index contributed by atoms with van der Waals surface area (Å²) in [5.41, 5.74) is 2.38. The molecule has 0 radical (unpaired) electrons. The summed E-state index contributed by atoms with van der Waals surface area (Å²) in [5.74, 6) is 0.769. The maximum atomic E-state index is 13.0. The van der Waals surface area contributed by atoms with Crippen molar-refractivity contribution in [2.45, 2.75) is 13.5 Å². The summed E-state index contributed by atoms with van der Waals surface area (Å²) in [6.07, 6.45) is 1.60. The molecule has 4 aromatic rings. The summed E-state index contributed by atoms with van der Waals surface area (Å²) in [6.45, 7) is 1.74. The van der Waals surface area contributed by atoms with Crippen molar-refractivity contribution in [1.29, 1.82) is 0 Å². The first kappa shape index (κ1) is 21.0. The molecule has 2 amide bonds. The largest absolute Gasteiger partial charge is 0.457 e. The van der Waals surface area contributed by atoms with Crippen LogP contribution in [0.3, 0.4) is 0 Å². The molecule has 1 aromatic heterocycles. The molecule has 1 aliphatic heterocycles. The van der Waals surface area contributed by atoms with Crippen LogP contribution in [0.15, 0.2) is 88.2 Å². The van der Waals surface area contributed by atoms with Gasteiger partial charge in [-0.3, -0.25) is 19.3 Å². The van der Waals surface area contributed by atoms with E-state index in [2.05, 4.69) is 0 Å². The molecule has 0 atom stereocenters. The van der Waals surface area contributed by atoms with Crippen molar-refractivity contribution in [2.75, 3.05) is 0 Å². The number of benzene rings is 3. The van der Waals surface area contributed by atoms with Gasteiger partial charge in [-0.2, -0.15) is 0 Å². The van der Waals surface area contributed by atoms with Crippen LogP contribution in [0.2, 0.25) is 0 Å². The number of hydrogen-bond donors (Lipinski definition) is 0. The molecule has 5 rings (SSSR count). The Kier molecular flexibility index (Phi) is 5.44. The summed E-state index contributed by atoms with van der Waals surface area (Å²) < 4.78 is 5.87. The zero-order valence-electron chi connectivity index (χ0n) is 17.8. The number of Topliss-reactive ketones (excluding diaryl/α,β-unsaturated/α-hetero) is 1. The predicted octanol–water partition coefficient (Wildman–Crippen LogP) is 6.54. The highest BCUT2D eigenvalue weighted by atomic mass is 32.2. The second kappa shape index (κ2) is 8.56. The molecule has 0 aliphatic carbocycles. The predicted molar refractivity (Wildman–Crippen MR) is 130 cm³/mol. The second-order valence-corrected chi connectivity index (χ2v) is 8.73. The lowest BCUT2D eigenvalue weighted by Gasteiger charge is -2.14. The van der Waals surface area contributed by atoms with Gasteiger partial charge in [-0.1, -0.05) is 66.7 Å². The van der Waals surface area contributed by atoms with E-state index >= 15 is 0 Å². The summed E-state index contributed by atoms with van der Waals surface area (Å²) >= 11 is 0.913. The standard InChI is InChI=1S/C27H19NO4S/c1-17(29)18-9-11-20(12-10-18)24-14-13-22(32-24)15-25-26(30)28(27(31)33-25)16-21-7-4-6-19-5-2-3-8-23(19)21/h2-15H,16H2,1H3/b25-15+. The van der Waals surface area contributed by atoms with Crippen LogP contribution in [0.1, 0.15) is 28.6 Å². The lowest BCUT2D eigenvalue weighted by Crippen LogP contribution is -2.27. The Morgan fingerprint density at radius 1 is 0.939 bits per heavy atom. The van der Waals surface area contributed by atoms with Crippen molar-refractivity contribution in [1.82, 2.24) is 4.90 Å². The number of fused-ring (bicyclic) bond motifs is 1. The smallest absolute Gasteiger partial charge is 0.293 e. The van der Waals surface area contributed by atoms with Crippen molar-refractivity contribution < 1.29 is 18.8 Å². The highest BCUT2D eigenvalue weighted by molar-refractivity contribution is 8.18. The highest BCUT2D eigenvalue weighted by Gasteiger charge is 2.35. The van der Waals surface area contributed by atoms with Gasteiger partial charge in [0.2, 0.25) is 0 Å². The molecule has 1 saturated heterocycles. The van der Waals surface area contributed by atoms with E-state index in [-0.39, 0.29) is 23.5 Å². The molecule has 0 N–H and O–H groups in total. The van der Waals surface area contributed by atoms with Crippen molar-refractivity contribution in [2.24, 2.45) is 0 Å². The fourth-order valence-electron chi connectivity index (χ4n) is 3.82. The van der Waals surface area contributed by atoms with Crippen LogP contribution in [0, 0.1) is 0 Å². The summed E-state index contributed by atoms with van der Waals surface area (Å²) in [4.78, 5) is 38.6. The van der Waals surface area contributed by atoms with Crippen LogP contribution >= 0.6 is 11.8 Å². The molecular formula is C27H19NO4S. The zero-order chi connectivity index (χ0) is 22.9. The Hall–Kier alpha value is -3.90. The molecular weight excluding hydrogens is 434 g/mol. The topological polar surface area (TPSA) is 67.6 Å². The third-order valence-corrected chi connectivity index (χ3v) is 6.47. The number of imide groups is 1. The first-order valence-corrected chi connectivity index (χ1v) is 11.2. The third-order valence-electron chi connectivity index (χ3n) is 5.56. The maximum Gasteiger partial charge on any atom is 0.293 e. The molecule has 33 heavy (non-hydrogen) atoms. The summed E-state index contributed by atoms with van der Waals surface area (Å²) in [7, 11) is 0. The number of ketones is 1. The molecule has 1 aliphatic rings. The van der Waals surface area contributed by atoms with Crippen LogP contribution < -0.4 is 0 Å². The molecule has 5 nitrogen and oxygen atoms in total. The zero-order valence-corrected chi connectivity index (χ0v) is 18.6. The van der Waals surface area contributed by atoms with Gasteiger partial charge < -0.3 is 4.42 Å². The minimum absolute atomic E-state index is 0.000842. The van der Waals surface area contributed by atoms with E-state index in [0.717, 1.165) is 33.7 Å². The number of carbonyl (C=O) groups excluding carboxylic acids is 3. The molecule has 3 aromatic carbocycles. The van der Waals surface area contributed by atoms with Gasteiger partial charge in [-0.25, -0.2) is 0 Å². The Morgan fingerprint density at radius 2 is 1.70 bits per heavy atom. The molecule has 0 bridgehead atoms. The average Bonchev–Trinajstić information content (AvgIpc) is 3.39. The van der Waals surface area contributed by atoms with Crippen molar-refractivity contribution in [3.63, 3.8) is 0 Å². The van der Waals surface area contributed by atoms with Crippen LogP contribution in [0.5, 0.6) is 0 Å². The van der Waals surface area contributed by atoms with Gasteiger partial charge in [-0.15, -0.1) is 0 Å². The van der Waals surface area contributed by atoms with Crippen LogP contribution in [0.4, 0.5) is 4.79 Å². The minimum Gasteiger partial charge on any atom is -0.457 e.